The summed E-state index contributed by atoms with van der Waals surface area (Å²) in [5.41, 5.74) is 12.5. The Bertz CT molecular complexity index is 999. The molecular formula is C27H31B. The predicted octanol–water partition coefficient (Wildman–Crippen LogP) is 5.88. The van der Waals surface area contributed by atoms with E-state index in [1.54, 1.807) is 0 Å². The van der Waals surface area contributed by atoms with E-state index in [9.17, 15) is 0 Å². The van der Waals surface area contributed by atoms with Crippen molar-refractivity contribution in [1.82, 2.24) is 0 Å². The molecule has 0 saturated heterocycles. The van der Waals surface area contributed by atoms with Gasteiger partial charge in [0.2, 0.25) is 6.71 Å². The van der Waals surface area contributed by atoms with E-state index in [4.69, 9.17) is 0 Å². The molecule has 0 saturated carbocycles. The van der Waals surface area contributed by atoms with Gasteiger partial charge < -0.3 is 0 Å². The summed E-state index contributed by atoms with van der Waals surface area (Å²) in [5.74, 6) is 0. The van der Waals surface area contributed by atoms with E-state index in [0.717, 1.165) is 6.42 Å². The Hall–Kier alpha value is -2.54. The lowest BCUT2D eigenvalue weighted by atomic mass is 9.33. The smallest absolute Gasteiger partial charge is 0.0981 e. The maximum Gasteiger partial charge on any atom is 0.238 e. The summed E-state index contributed by atoms with van der Waals surface area (Å²) >= 11 is 0. The average molecular weight is 366 g/mol. The van der Waals surface area contributed by atoms with Gasteiger partial charge in [-0.05, 0) is 63.3 Å². The first-order chi connectivity index (χ1) is 13.5. The van der Waals surface area contributed by atoms with Gasteiger partial charge in [-0.15, -0.1) is 0 Å². The van der Waals surface area contributed by atoms with Gasteiger partial charge in [-0.3, -0.25) is 0 Å². The summed E-state index contributed by atoms with van der Waals surface area (Å²) in [5, 5.41) is 0. The molecule has 0 fully saturated rings. The summed E-state index contributed by atoms with van der Waals surface area (Å²) in [4.78, 5) is 0. The van der Waals surface area contributed by atoms with Crippen molar-refractivity contribution in [2.75, 3.05) is 0 Å². The summed E-state index contributed by atoms with van der Waals surface area (Å²) in [6, 6.07) is 9.13. The van der Waals surface area contributed by atoms with Gasteiger partial charge in [0, 0.05) is 0 Å². The molecule has 0 aromatic heterocycles. The normalized spacial score (nSPS) is 13.7. The molecule has 2 aromatic carbocycles. The van der Waals surface area contributed by atoms with Crippen molar-refractivity contribution < 1.29 is 0 Å². The van der Waals surface area contributed by atoms with Crippen LogP contribution in [0, 0.1) is 20.8 Å². The SMILES string of the molecule is C/C=C\c1c(C)ccc(C)c1B(/C(C)=C/C)c1c(C)ccc2c1C=CC=CC2. The molecule has 3 rings (SSSR count). The monoisotopic (exact) mass is 366 g/mol. The number of benzene rings is 2. The van der Waals surface area contributed by atoms with E-state index in [1.807, 2.05) is 0 Å². The van der Waals surface area contributed by atoms with Gasteiger partial charge in [-0.1, -0.05) is 101 Å². The highest BCUT2D eigenvalue weighted by Gasteiger charge is 2.29. The maximum atomic E-state index is 2.30. The first kappa shape index (κ1) is 20.2. The number of rotatable bonds is 4. The van der Waals surface area contributed by atoms with Crippen molar-refractivity contribution in [2.24, 2.45) is 0 Å². The fourth-order valence-corrected chi connectivity index (χ4v) is 4.37. The lowest BCUT2D eigenvalue weighted by molar-refractivity contribution is 1.26. The van der Waals surface area contributed by atoms with Crippen LogP contribution in [0.1, 0.15) is 54.2 Å². The van der Waals surface area contributed by atoms with Crippen molar-refractivity contribution in [3.8, 4) is 0 Å². The molecule has 0 amide bonds. The van der Waals surface area contributed by atoms with Crippen LogP contribution >= 0.6 is 0 Å². The number of hydrogen-bond acceptors (Lipinski definition) is 0. The molecule has 0 aliphatic heterocycles. The number of fused-ring (bicyclic) bond motifs is 1. The fraction of sp³-hybridized carbons (Fsp3) is 0.259. The average Bonchev–Trinajstić information content (AvgIpc) is 2.93. The molecular weight excluding hydrogens is 335 g/mol. The maximum absolute atomic E-state index is 2.30. The zero-order valence-electron chi connectivity index (χ0n) is 18.1. The van der Waals surface area contributed by atoms with Gasteiger partial charge in [0.25, 0.3) is 0 Å². The molecule has 0 nitrogen and oxygen atoms in total. The topological polar surface area (TPSA) is 0 Å². The second-order valence-corrected chi connectivity index (χ2v) is 7.85. The van der Waals surface area contributed by atoms with Crippen LogP contribution in [0.25, 0.3) is 12.2 Å². The van der Waals surface area contributed by atoms with Crippen LogP contribution in [0.5, 0.6) is 0 Å². The molecule has 0 atom stereocenters. The molecule has 0 N–H and O–H groups in total. The predicted molar refractivity (Wildman–Crippen MR) is 128 cm³/mol. The highest BCUT2D eigenvalue weighted by molar-refractivity contribution is 6.92. The third-order valence-electron chi connectivity index (χ3n) is 5.99. The third-order valence-corrected chi connectivity index (χ3v) is 5.99. The molecule has 1 aliphatic rings. The zero-order valence-corrected chi connectivity index (χ0v) is 18.1. The van der Waals surface area contributed by atoms with E-state index in [1.165, 1.54) is 49.8 Å². The minimum absolute atomic E-state index is 0.258. The van der Waals surface area contributed by atoms with Gasteiger partial charge in [0.05, 0.1) is 0 Å². The van der Waals surface area contributed by atoms with E-state index < -0.39 is 0 Å². The Morgan fingerprint density at radius 2 is 1.57 bits per heavy atom. The summed E-state index contributed by atoms with van der Waals surface area (Å²) in [7, 11) is 0. The second-order valence-electron chi connectivity index (χ2n) is 7.85. The number of hydrogen-bond donors (Lipinski definition) is 0. The van der Waals surface area contributed by atoms with E-state index in [-0.39, 0.29) is 6.71 Å². The highest BCUT2D eigenvalue weighted by atomic mass is 14.1. The van der Waals surface area contributed by atoms with Crippen LogP contribution in [0.15, 0.2) is 60.1 Å². The molecule has 0 radical (unpaired) electrons. The van der Waals surface area contributed by atoms with Crippen molar-refractivity contribution in [1.29, 1.82) is 0 Å². The van der Waals surface area contributed by atoms with Crippen molar-refractivity contribution in [3.05, 3.63) is 93.5 Å². The molecule has 142 valence electrons. The van der Waals surface area contributed by atoms with Gasteiger partial charge >= 0.3 is 0 Å². The molecule has 1 heteroatoms. The Morgan fingerprint density at radius 3 is 2.29 bits per heavy atom. The van der Waals surface area contributed by atoms with Gasteiger partial charge in [-0.2, -0.15) is 0 Å². The Labute approximate surface area is 171 Å². The standard InChI is InChI=1S/C27H31B/c1-7-12-24-19(3)15-16-20(4)26(24)28(22(6)8-2)27-21(5)17-18-23-13-10-9-11-14-25(23)27/h7-12,14-18H,13H2,1-6H3/b12-7-,22-8+. The molecule has 1 aliphatic carbocycles. The number of allylic oxidation sites excluding steroid dienone is 6. The molecule has 0 unspecified atom stereocenters. The Balaban J connectivity index is 2.40. The van der Waals surface area contributed by atoms with Crippen LogP contribution in [-0.2, 0) is 6.42 Å². The lowest BCUT2D eigenvalue weighted by Gasteiger charge is -2.26. The quantitative estimate of drug-likeness (QED) is 0.593. The van der Waals surface area contributed by atoms with E-state index >= 15 is 0 Å². The van der Waals surface area contributed by atoms with Crippen LogP contribution in [0.4, 0.5) is 0 Å². The van der Waals surface area contributed by atoms with Crippen LogP contribution in [0.3, 0.4) is 0 Å². The van der Waals surface area contributed by atoms with Crippen molar-refractivity contribution in [3.63, 3.8) is 0 Å². The lowest BCUT2D eigenvalue weighted by Crippen LogP contribution is -2.49. The summed E-state index contributed by atoms with van der Waals surface area (Å²) in [6.45, 7) is 13.6. The van der Waals surface area contributed by atoms with Crippen molar-refractivity contribution in [2.45, 2.75) is 48.0 Å². The molecule has 0 heterocycles. The van der Waals surface area contributed by atoms with Crippen LogP contribution < -0.4 is 10.9 Å². The fourth-order valence-electron chi connectivity index (χ4n) is 4.37. The second kappa shape index (κ2) is 8.65. The molecule has 2 aromatic rings. The molecule has 28 heavy (non-hydrogen) atoms. The van der Waals surface area contributed by atoms with Crippen LogP contribution in [-0.4, -0.2) is 6.71 Å². The van der Waals surface area contributed by atoms with Crippen LogP contribution in [0.2, 0.25) is 0 Å². The Morgan fingerprint density at radius 1 is 0.893 bits per heavy atom. The van der Waals surface area contributed by atoms with E-state index in [0.29, 0.717) is 0 Å². The summed E-state index contributed by atoms with van der Waals surface area (Å²) < 4.78 is 0. The van der Waals surface area contributed by atoms with Gasteiger partial charge in [0.15, 0.2) is 0 Å². The minimum atomic E-state index is 0.258. The summed E-state index contributed by atoms with van der Waals surface area (Å²) in [6.07, 6.45) is 16.6. The first-order valence-corrected chi connectivity index (χ1v) is 10.3. The molecule has 0 bridgehead atoms. The highest BCUT2D eigenvalue weighted by Crippen LogP contribution is 2.21. The molecule has 0 spiro atoms. The van der Waals surface area contributed by atoms with Gasteiger partial charge in [0.1, 0.15) is 0 Å². The number of aryl methyl sites for hydroxylation is 3. The van der Waals surface area contributed by atoms with Gasteiger partial charge in [-0.25, -0.2) is 0 Å². The first-order valence-electron chi connectivity index (χ1n) is 10.3. The van der Waals surface area contributed by atoms with E-state index in [2.05, 4.69) is 108 Å². The third kappa shape index (κ3) is 3.71. The minimum Gasteiger partial charge on any atom is -0.0981 e. The zero-order chi connectivity index (χ0) is 20.3. The van der Waals surface area contributed by atoms with Crippen molar-refractivity contribution >= 4 is 29.8 Å². The largest absolute Gasteiger partial charge is 0.238 e. The Kier molecular flexibility index (Phi) is 6.24.